The van der Waals surface area contributed by atoms with E-state index in [1.54, 1.807) is 0 Å². The van der Waals surface area contributed by atoms with Crippen molar-refractivity contribution >= 4 is 10.1 Å². The van der Waals surface area contributed by atoms with Gasteiger partial charge in [-0.1, -0.05) is 27.2 Å². The van der Waals surface area contributed by atoms with Crippen molar-refractivity contribution in [2.24, 2.45) is 11.3 Å². The van der Waals surface area contributed by atoms with E-state index in [9.17, 15) is 8.42 Å². The molecule has 1 aliphatic rings. The third-order valence-corrected chi connectivity index (χ3v) is 4.62. The fourth-order valence-corrected chi connectivity index (χ4v) is 3.16. The fraction of sp³-hybridized carbons (Fsp3) is 1.00. The maximum absolute atomic E-state index is 11.0. The molecule has 96 valence electrons. The molecule has 0 aromatic rings. The molecule has 0 aliphatic heterocycles. The van der Waals surface area contributed by atoms with Crippen molar-refractivity contribution in [2.45, 2.75) is 59.0 Å². The molecule has 0 aromatic heterocycles. The van der Waals surface area contributed by atoms with Gasteiger partial charge in [0.15, 0.2) is 0 Å². The third kappa shape index (κ3) is 4.06. The zero-order valence-corrected chi connectivity index (χ0v) is 11.6. The lowest BCUT2D eigenvalue weighted by molar-refractivity contribution is 0.0822. The zero-order chi connectivity index (χ0) is 12.4. The summed E-state index contributed by atoms with van der Waals surface area (Å²) in [6, 6.07) is 0. The van der Waals surface area contributed by atoms with Crippen LogP contribution in [0.1, 0.15) is 52.9 Å². The molecule has 0 heterocycles. The highest BCUT2D eigenvalue weighted by Crippen LogP contribution is 2.41. The molecule has 0 unspecified atom stereocenters. The Kier molecular flexibility index (Phi) is 4.41. The van der Waals surface area contributed by atoms with Gasteiger partial charge in [-0.2, -0.15) is 8.42 Å². The minimum atomic E-state index is -3.28. The molecule has 3 nitrogen and oxygen atoms in total. The lowest BCUT2D eigenvalue weighted by Crippen LogP contribution is -2.31. The van der Waals surface area contributed by atoms with Gasteiger partial charge in [0.25, 0.3) is 10.1 Å². The van der Waals surface area contributed by atoms with Crippen LogP contribution in [0.2, 0.25) is 0 Å². The Hall–Kier alpha value is -0.0900. The number of hydrogen-bond acceptors (Lipinski definition) is 3. The summed E-state index contributed by atoms with van der Waals surface area (Å²) in [5.74, 6) is 0.705. The molecule has 0 bridgehead atoms. The first-order valence-electron chi connectivity index (χ1n) is 6.13. The van der Waals surface area contributed by atoms with E-state index in [4.69, 9.17) is 4.18 Å². The normalized spacial score (nSPS) is 28.0. The quantitative estimate of drug-likeness (QED) is 0.718. The summed E-state index contributed by atoms with van der Waals surface area (Å²) in [5.41, 5.74) is 0.371. The molecule has 0 N–H and O–H groups in total. The van der Waals surface area contributed by atoms with Gasteiger partial charge in [0.1, 0.15) is 0 Å². The Bertz CT molecular complexity index is 311. The highest BCUT2D eigenvalue weighted by atomic mass is 32.2. The maximum Gasteiger partial charge on any atom is 0.264 e. The largest absolute Gasteiger partial charge is 0.267 e. The van der Waals surface area contributed by atoms with E-state index in [2.05, 4.69) is 20.8 Å². The van der Waals surface area contributed by atoms with Gasteiger partial charge in [0.2, 0.25) is 0 Å². The summed E-state index contributed by atoms with van der Waals surface area (Å²) < 4.78 is 27.1. The SMILES string of the molecule is CCC(C)(C)[C@H]1CC[C@@H](OS(C)(=O)=O)CC1. The topological polar surface area (TPSA) is 43.4 Å². The second-order valence-electron chi connectivity index (χ2n) is 5.62. The van der Waals surface area contributed by atoms with E-state index in [0.717, 1.165) is 31.9 Å². The minimum absolute atomic E-state index is 0.0843. The third-order valence-electron chi connectivity index (χ3n) is 4.00. The van der Waals surface area contributed by atoms with Crippen molar-refractivity contribution in [3.8, 4) is 0 Å². The summed E-state index contributed by atoms with van der Waals surface area (Å²) in [6.45, 7) is 6.82. The van der Waals surface area contributed by atoms with E-state index < -0.39 is 10.1 Å². The molecule has 4 heteroatoms. The molecule has 16 heavy (non-hydrogen) atoms. The Balaban J connectivity index is 2.46. The Morgan fingerprint density at radius 1 is 1.19 bits per heavy atom. The average Bonchev–Trinajstić information content (AvgIpc) is 2.16. The van der Waals surface area contributed by atoms with Gasteiger partial charge in [0.05, 0.1) is 12.4 Å². The van der Waals surface area contributed by atoms with Crippen LogP contribution in [0.3, 0.4) is 0 Å². The van der Waals surface area contributed by atoms with Crippen LogP contribution < -0.4 is 0 Å². The van der Waals surface area contributed by atoms with Crippen molar-refractivity contribution in [2.75, 3.05) is 6.26 Å². The van der Waals surface area contributed by atoms with E-state index in [1.165, 1.54) is 6.42 Å². The first-order chi connectivity index (χ1) is 7.24. The Labute approximate surface area is 99.7 Å². The maximum atomic E-state index is 11.0. The predicted molar refractivity (Wildman–Crippen MR) is 65.7 cm³/mol. The van der Waals surface area contributed by atoms with E-state index >= 15 is 0 Å². The molecule has 1 rings (SSSR count). The van der Waals surface area contributed by atoms with Crippen LogP contribution in [0, 0.1) is 11.3 Å². The molecule has 0 atom stereocenters. The highest BCUT2D eigenvalue weighted by Gasteiger charge is 2.32. The van der Waals surface area contributed by atoms with Crippen LogP contribution in [0.4, 0.5) is 0 Å². The molecular formula is C12H24O3S. The van der Waals surface area contributed by atoms with Crippen molar-refractivity contribution in [1.82, 2.24) is 0 Å². The van der Waals surface area contributed by atoms with Gasteiger partial charge in [0, 0.05) is 0 Å². The summed E-state index contributed by atoms with van der Waals surface area (Å²) in [7, 11) is -3.28. The van der Waals surface area contributed by atoms with Crippen molar-refractivity contribution in [3.05, 3.63) is 0 Å². The second-order valence-corrected chi connectivity index (χ2v) is 7.22. The molecule has 0 spiro atoms. The van der Waals surface area contributed by atoms with Crippen LogP contribution >= 0.6 is 0 Å². The molecular weight excluding hydrogens is 224 g/mol. The molecule has 1 saturated carbocycles. The van der Waals surface area contributed by atoms with Crippen LogP contribution in [-0.4, -0.2) is 20.8 Å². The monoisotopic (exact) mass is 248 g/mol. The van der Waals surface area contributed by atoms with Crippen LogP contribution in [0.5, 0.6) is 0 Å². The van der Waals surface area contributed by atoms with Gasteiger partial charge >= 0.3 is 0 Å². The van der Waals surface area contributed by atoms with Gasteiger partial charge in [-0.3, -0.25) is 4.18 Å². The van der Waals surface area contributed by atoms with E-state index in [-0.39, 0.29) is 6.10 Å². The average molecular weight is 248 g/mol. The van der Waals surface area contributed by atoms with Crippen molar-refractivity contribution < 1.29 is 12.6 Å². The minimum Gasteiger partial charge on any atom is -0.267 e. The smallest absolute Gasteiger partial charge is 0.264 e. The van der Waals surface area contributed by atoms with Gasteiger partial charge < -0.3 is 0 Å². The molecule has 0 radical (unpaired) electrons. The van der Waals surface area contributed by atoms with Gasteiger partial charge in [-0.25, -0.2) is 0 Å². The first-order valence-corrected chi connectivity index (χ1v) is 7.94. The summed E-state index contributed by atoms with van der Waals surface area (Å²) in [4.78, 5) is 0. The van der Waals surface area contributed by atoms with Gasteiger partial charge in [-0.05, 0) is 37.0 Å². The Morgan fingerprint density at radius 3 is 2.06 bits per heavy atom. The molecule has 1 aliphatic carbocycles. The predicted octanol–water partition coefficient (Wildman–Crippen LogP) is 2.96. The summed E-state index contributed by atoms with van der Waals surface area (Å²) in [6.07, 6.45) is 6.15. The molecule has 0 amide bonds. The van der Waals surface area contributed by atoms with Crippen LogP contribution in [-0.2, 0) is 14.3 Å². The second kappa shape index (κ2) is 5.05. The highest BCUT2D eigenvalue weighted by molar-refractivity contribution is 7.86. The van der Waals surface area contributed by atoms with Crippen LogP contribution in [0.15, 0.2) is 0 Å². The van der Waals surface area contributed by atoms with E-state index in [1.807, 2.05) is 0 Å². The Morgan fingerprint density at radius 2 is 1.69 bits per heavy atom. The van der Waals surface area contributed by atoms with E-state index in [0.29, 0.717) is 11.3 Å². The molecule has 0 aromatic carbocycles. The number of hydrogen-bond donors (Lipinski definition) is 0. The summed E-state index contributed by atoms with van der Waals surface area (Å²) in [5, 5.41) is 0. The van der Waals surface area contributed by atoms with Crippen molar-refractivity contribution in [1.29, 1.82) is 0 Å². The summed E-state index contributed by atoms with van der Waals surface area (Å²) >= 11 is 0. The lowest BCUT2D eigenvalue weighted by Gasteiger charge is -2.38. The van der Waals surface area contributed by atoms with Gasteiger partial charge in [-0.15, -0.1) is 0 Å². The first kappa shape index (κ1) is 14.0. The lowest BCUT2D eigenvalue weighted by atomic mass is 9.69. The number of rotatable bonds is 4. The zero-order valence-electron chi connectivity index (χ0n) is 10.8. The van der Waals surface area contributed by atoms with Crippen LogP contribution in [0.25, 0.3) is 0 Å². The van der Waals surface area contributed by atoms with Crippen molar-refractivity contribution in [3.63, 3.8) is 0 Å². The molecule has 0 saturated heterocycles. The molecule has 1 fully saturated rings. The standard InChI is InChI=1S/C12H24O3S/c1-5-12(2,3)10-6-8-11(9-7-10)15-16(4,13)14/h10-11H,5-9H2,1-4H3/t10-,11+. The fourth-order valence-electron chi connectivity index (χ4n) is 2.48.